The predicted molar refractivity (Wildman–Crippen MR) is 67.4 cm³/mol. The van der Waals surface area contributed by atoms with Gasteiger partial charge in [-0.05, 0) is 17.9 Å². The monoisotopic (exact) mass is 276 g/mol. The van der Waals surface area contributed by atoms with Gasteiger partial charge in [0.25, 0.3) is 0 Å². The van der Waals surface area contributed by atoms with Crippen LogP contribution in [0.1, 0.15) is 19.8 Å². The molecule has 0 unspecified atom stereocenters. The number of rotatable bonds is 7. The highest BCUT2D eigenvalue weighted by atomic mass is 32.2. The van der Waals surface area contributed by atoms with Gasteiger partial charge in [-0.2, -0.15) is 0 Å². The van der Waals surface area contributed by atoms with E-state index in [4.69, 9.17) is 0 Å². The van der Waals surface area contributed by atoms with Crippen molar-refractivity contribution in [3.8, 4) is 0 Å². The Morgan fingerprint density at radius 2 is 2.18 bits per heavy atom. The molecule has 0 atom stereocenters. The van der Waals surface area contributed by atoms with E-state index in [2.05, 4.69) is 10.0 Å². The molecule has 0 aliphatic rings. The molecule has 0 aliphatic heterocycles. The highest BCUT2D eigenvalue weighted by Gasteiger charge is 2.14. The summed E-state index contributed by atoms with van der Waals surface area (Å²) < 4.78 is 26.0. The number of carbonyl (C=O) groups is 1. The van der Waals surface area contributed by atoms with E-state index < -0.39 is 10.0 Å². The van der Waals surface area contributed by atoms with E-state index in [1.165, 1.54) is 6.07 Å². The molecule has 0 aromatic carbocycles. The van der Waals surface area contributed by atoms with Crippen molar-refractivity contribution >= 4 is 27.3 Å². The summed E-state index contributed by atoms with van der Waals surface area (Å²) in [6.07, 6.45) is 1.03. The second-order valence-corrected chi connectivity index (χ2v) is 6.37. The topological polar surface area (TPSA) is 75.3 Å². The fourth-order valence-corrected chi connectivity index (χ4v) is 3.21. The van der Waals surface area contributed by atoms with E-state index in [0.29, 0.717) is 6.54 Å². The van der Waals surface area contributed by atoms with Crippen molar-refractivity contribution in [3.05, 3.63) is 17.5 Å². The Morgan fingerprint density at radius 3 is 2.76 bits per heavy atom. The van der Waals surface area contributed by atoms with Crippen LogP contribution < -0.4 is 10.0 Å². The zero-order valence-electron chi connectivity index (χ0n) is 9.60. The number of hydrogen-bond acceptors (Lipinski definition) is 4. The van der Waals surface area contributed by atoms with Gasteiger partial charge >= 0.3 is 0 Å². The van der Waals surface area contributed by atoms with Crippen molar-refractivity contribution in [2.45, 2.75) is 24.0 Å². The number of sulfonamides is 1. The fourth-order valence-electron chi connectivity index (χ4n) is 1.14. The SMILES string of the molecule is CCCNC(=O)CCNS(=O)(=O)c1cccs1. The van der Waals surface area contributed by atoms with Crippen LogP contribution in [0.3, 0.4) is 0 Å². The molecular formula is C10H16N2O3S2. The average Bonchev–Trinajstić information content (AvgIpc) is 2.80. The first-order valence-electron chi connectivity index (χ1n) is 5.36. The summed E-state index contributed by atoms with van der Waals surface area (Å²) in [6, 6.07) is 3.21. The number of carbonyl (C=O) groups excluding carboxylic acids is 1. The van der Waals surface area contributed by atoms with Crippen molar-refractivity contribution in [3.63, 3.8) is 0 Å². The van der Waals surface area contributed by atoms with Crippen molar-refractivity contribution in [2.75, 3.05) is 13.1 Å². The summed E-state index contributed by atoms with van der Waals surface area (Å²) in [5, 5.41) is 4.38. The largest absolute Gasteiger partial charge is 0.356 e. The standard InChI is InChI=1S/C10H16N2O3S2/c1-2-6-11-9(13)5-7-12-17(14,15)10-4-3-8-16-10/h3-4,8,12H,2,5-7H2,1H3,(H,11,13). The molecule has 96 valence electrons. The van der Waals surface area contributed by atoms with Crippen LogP contribution in [0.4, 0.5) is 0 Å². The summed E-state index contributed by atoms with van der Waals surface area (Å²) in [7, 11) is -3.44. The van der Waals surface area contributed by atoms with Crippen LogP contribution in [-0.4, -0.2) is 27.4 Å². The molecular weight excluding hydrogens is 260 g/mol. The number of thiophene rings is 1. The van der Waals surface area contributed by atoms with Crippen molar-refractivity contribution in [2.24, 2.45) is 0 Å². The summed E-state index contributed by atoms with van der Waals surface area (Å²) in [5.74, 6) is -0.138. The van der Waals surface area contributed by atoms with Gasteiger partial charge in [0.15, 0.2) is 0 Å². The molecule has 1 amide bonds. The molecule has 2 N–H and O–H groups in total. The molecule has 1 aromatic heterocycles. The highest BCUT2D eigenvalue weighted by molar-refractivity contribution is 7.91. The van der Waals surface area contributed by atoms with Gasteiger partial charge in [-0.3, -0.25) is 4.79 Å². The number of nitrogens with one attached hydrogen (secondary N) is 2. The summed E-state index contributed by atoms with van der Waals surface area (Å²) >= 11 is 1.15. The lowest BCUT2D eigenvalue weighted by Crippen LogP contribution is -2.30. The quantitative estimate of drug-likeness (QED) is 0.778. The van der Waals surface area contributed by atoms with Gasteiger partial charge < -0.3 is 5.32 Å². The van der Waals surface area contributed by atoms with Crippen LogP contribution in [0.2, 0.25) is 0 Å². The third-order valence-corrected chi connectivity index (χ3v) is 4.83. The normalized spacial score (nSPS) is 11.4. The van der Waals surface area contributed by atoms with Crippen LogP contribution in [0, 0.1) is 0 Å². The predicted octanol–water partition coefficient (Wildman–Crippen LogP) is 0.943. The molecule has 5 nitrogen and oxygen atoms in total. The van der Waals surface area contributed by atoms with E-state index in [1.54, 1.807) is 11.4 Å². The van der Waals surface area contributed by atoms with Crippen LogP contribution in [0.25, 0.3) is 0 Å². The van der Waals surface area contributed by atoms with Crippen LogP contribution in [-0.2, 0) is 14.8 Å². The smallest absolute Gasteiger partial charge is 0.250 e. The second kappa shape index (κ2) is 6.73. The van der Waals surface area contributed by atoms with Gasteiger partial charge in [0.2, 0.25) is 15.9 Å². The van der Waals surface area contributed by atoms with Crippen LogP contribution in [0.15, 0.2) is 21.7 Å². The van der Waals surface area contributed by atoms with Gasteiger partial charge in [-0.25, -0.2) is 13.1 Å². The first-order chi connectivity index (χ1) is 8.06. The first kappa shape index (κ1) is 14.1. The average molecular weight is 276 g/mol. The van der Waals surface area contributed by atoms with E-state index in [0.717, 1.165) is 17.8 Å². The van der Waals surface area contributed by atoms with E-state index in [1.807, 2.05) is 6.92 Å². The molecule has 0 fully saturated rings. The Labute approximate surface area is 105 Å². The Kier molecular flexibility index (Phi) is 5.60. The number of hydrogen-bond donors (Lipinski definition) is 2. The van der Waals surface area contributed by atoms with Crippen molar-refractivity contribution < 1.29 is 13.2 Å². The van der Waals surface area contributed by atoms with E-state index in [9.17, 15) is 13.2 Å². The molecule has 0 aliphatic carbocycles. The molecule has 1 aromatic rings. The molecule has 7 heteroatoms. The third-order valence-electron chi connectivity index (χ3n) is 1.98. The van der Waals surface area contributed by atoms with Gasteiger partial charge in [0.1, 0.15) is 4.21 Å². The maximum absolute atomic E-state index is 11.7. The number of amides is 1. The summed E-state index contributed by atoms with van der Waals surface area (Å²) in [5.41, 5.74) is 0. The van der Waals surface area contributed by atoms with Crippen LogP contribution in [0.5, 0.6) is 0 Å². The highest BCUT2D eigenvalue weighted by Crippen LogP contribution is 2.14. The first-order valence-corrected chi connectivity index (χ1v) is 7.72. The minimum Gasteiger partial charge on any atom is -0.356 e. The van der Waals surface area contributed by atoms with Crippen molar-refractivity contribution in [1.29, 1.82) is 0 Å². The maximum atomic E-state index is 11.7. The third kappa shape index (κ3) is 4.84. The Morgan fingerprint density at radius 1 is 1.41 bits per heavy atom. The Bertz CT molecular complexity index is 440. The lowest BCUT2D eigenvalue weighted by Gasteiger charge is -2.05. The molecule has 0 saturated carbocycles. The molecule has 1 rings (SSSR count). The molecule has 0 saturated heterocycles. The minimum absolute atomic E-state index is 0.121. The molecule has 17 heavy (non-hydrogen) atoms. The fraction of sp³-hybridized carbons (Fsp3) is 0.500. The van der Waals surface area contributed by atoms with Crippen LogP contribution >= 0.6 is 11.3 Å². The van der Waals surface area contributed by atoms with E-state index >= 15 is 0 Å². The van der Waals surface area contributed by atoms with E-state index in [-0.39, 0.29) is 23.1 Å². The Hall–Kier alpha value is -0.920. The lowest BCUT2D eigenvalue weighted by molar-refractivity contribution is -0.120. The molecule has 0 spiro atoms. The molecule has 1 heterocycles. The maximum Gasteiger partial charge on any atom is 0.250 e. The van der Waals surface area contributed by atoms with Gasteiger partial charge in [-0.1, -0.05) is 13.0 Å². The second-order valence-electron chi connectivity index (χ2n) is 3.43. The van der Waals surface area contributed by atoms with Gasteiger partial charge in [0, 0.05) is 19.5 Å². The minimum atomic E-state index is -3.44. The van der Waals surface area contributed by atoms with Crippen molar-refractivity contribution in [1.82, 2.24) is 10.0 Å². The zero-order chi connectivity index (χ0) is 12.7. The van der Waals surface area contributed by atoms with Gasteiger partial charge in [0.05, 0.1) is 0 Å². The lowest BCUT2D eigenvalue weighted by atomic mass is 10.4. The summed E-state index contributed by atoms with van der Waals surface area (Å²) in [6.45, 7) is 2.70. The molecule has 0 bridgehead atoms. The zero-order valence-corrected chi connectivity index (χ0v) is 11.2. The Balaban J connectivity index is 2.34. The van der Waals surface area contributed by atoms with Gasteiger partial charge in [-0.15, -0.1) is 11.3 Å². The molecule has 0 radical (unpaired) electrons. The summed E-state index contributed by atoms with van der Waals surface area (Å²) in [4.78, 5) is 11.2.